The Morgan fingerprint density at radius 2 is 1.90 bits per heavy atom. The van der Waals surface area contributed by atoms with E-state index < -0.39 is 5.97 Å². The van der Waals surface area contributed by atoms with Crippen molar-refractivity contribution in [2.24, 2.45) is 0 Å². The molecule has 0 unspecified atom stereocenters. The number of aromatic carboxylic acids is 1. The first kappa shape index (κ1) is 12.9. The van der Waals surface area contributed by atoms with Crippen molar-refractivity contribution < 1.29 is 14.3 Å². The van der Waals surface area contributed by atoms with Gasteiger partial charge in [-0.25, -0.2) is 14.0 Å². The van der Waals surface area contributed by atoms with E-state index in [1.54, 1.807) is 35.0 Å². The summed E-state index contributed by atoms with van der Waals surface area (Å²) in [5, 5.41) is 9.80. The molecule has 0 aliphatic heterocycles. The zero-order valence-electron chi connectivity index (χ0n) is 10.7. The fraction of sp³-hybridized carbons (Fsp3) is 0. The van der Waals surface area contributed by atoms with E-state index in [9.17, 15) is 14.3 Å². The van der Waals surface area contributed by atoms with Crippen LogP contribution in [0.5, 0.6) is 0 Å². The first-order valence-corrected chi connectivity index (χ1v) is 6.12. The van der Waals surface area contributed by atoms with Gasteiger partial charge in [0.1, 0.15) is 5.82 Å². The maximum absolute atomic E-state index is 13.0. The highest BCUT2D eigenvalue weighted by Crippen LogP contribution is 2.29. The number of nitrogens with zero attached hydrogens (tertiary/aromatic N) is 2. The van der Waals surface area contributed by atoms with Gasteiger partial charge in [0, 0.05) is 22.8 Å². The smallest absolute Gasteiger partial charge is 0.335 e. The molecule has 0 radical (unpaired) electrons. The number of hydrogen-bond donors (Lipinski definition) is 1. The lowest BCUT2D eigenvalue weighted by atomic mass is 10.1. The van der Waals surface area contributed by atoms with E-state index in [1.807, 2.05) is 0 Å². The van der Waals surface area contributed by atoms with Crippen LogP contribution in [0.3, 0.4) is 0 Å². The minimum Gasteiger partial charge on any atom is -0.478 e. The number of rotatable bonds is 2. The molecule has 0 saturated carbocycles. The standard InChI is InChI=1S/C16H9FN2O2/c1-18-11-8-14(16(20)21)13-6-7-19(15(13)9-11)12-4-2-10(17)3-5-12/h2-9H,(H,20,21). The summed E-state index contributed by atoms with van der Waals surface area (Å²) in [6, 6.07) is 10.5. The molecule has 5 heteroatoms. The number of carbonyl (C=O) groups is 1. The normalized spacial score (nSPS) is 10.5. The molecule has 0 amide bonds. The highest BCUT2D eigenvalue weighted by atomic mass is 19.1. The van der Waals surface area contributed by atoms with Gasteiger partial charge in [-0.1, -0.05) is 0 Å². The van der Waals surface area contributed by atoms with Crippen LogP contribution in [0.15, 0.2) is 48.7 Å². The average Bonchev–Trinajstić information content (AvgIpc) is 2.90. The molecule has 1 N–H and O–H groups in total. The molecular formula is C16H9FN2O2. The number of hydrogen-bond acceptors (Lipinski definition) is 1. The van der Waals surface area contributed by atoms with Crippen molar-refractivity contribution in [3.63, 3.8) is 0 Å². The number of carboxylic acids is 1. The first-order valence-electron chi connectivity index (χ1n) is 6.12. The summed E-state index contributed by atoms with van der Waals surface area (Å²) >= 11 is 0. The Morgan fingerprint density at radius 1 is 1.19 bits per heavy atom. The summed E-state index contributed by atoms with van der Waals surface area (Å²) in [6.07, 6.45) is 1.71. The molecule has 0 spiro atoms. The van der Waals surface area contributed by atoms with Gasteiger partial charge in [-0.3, -0.25) is 0 Å². The fourth-order valence-electron chi connectivity index (χ4n) is 2.30. The quantitative estimate of drug-likeness (QED) is 0.721. The van der Waals surface area contributed by atoms with Crippen LogP contribution in [0, 0.1) is 12.4 Å². The average molecular weight is 280 g/mol. The molecule has 0 saturated heterocycles. The molecule has 0 bridgehead atoms. The van der Waals surface area contributed by atoms with Crippen molar-refractivity contribution in [2.45, 2.75) is 0 Å². The Labute approximate surface area is 119 Å². The monoisotopic (exact) mass is 280 g/mol. The second-order valence-corrected chi connectivity index (χ2v) is 4.51. The minimum absolute atomic E-state index is 0.0827. The molecule has 0 atom stereocenters. The number of benzene rings is 2. The second-order valence-electron chi connectivity index (χ2n) is 4.51. The predicted molar refractivity (Wildman–Crippen MR) is 76.5 cm³/mol. The van der Waals surface area contributed by atoms with Crippen molar-refractivity contribution >= 4 is 22.6 Å². The highest BCUT2D eigenvalue weighted by Gasteiger charge is 2.14. The van der Waals surface area contributed by atoms with E-state index >= 15 is 0 Å². The Morgan fingerprint density at radius 3 is 2.52 bits per heavy atom. The number of aromatic nitrogens is 1. The molecule has 102 valence electrons. The zero-order chi connectivity index (χ0) is 15.0. The summed E-state index contributed by atoms with van der Waals surface area (Å²) < 4.78 is 14.7. The van der Waals surface area contributed by atoms with Gasteiger partial charge in [-0.2, -0.15) is 0 Å². The van der Waals surface area contributed by atoms with Crippen molar-refractivity contribution in [3.8, 4) is 5.69 Å². The second kappa shape index (κ2) is 4.76. The van der Waals surface area contributed by atoms with E-state index in [0.717, 1.165) is 0 Å². The van der Waals surface area contributed by atoms with Gasteiger partial charge < -0.3 is 9.67 Å². The van der Waals surface area contributed by atoms with Gasteiger partial charge in [-0.15, -0.1) is 0 Å². The lowest BCUT2D eigenvalue weighted by Gasteiger charge is -2.07. The topological polar surface area (TPSA) is 46.6 Å². The van der Waals surface area contributed by atoms with Crippen LogP contribution in [0.25, 0.3) is 21.4 Å². The maximum atomic E-state index is 13.0. The molecule has 1 heterocycles. The van der Waals surface area contributed by atoms with Crippen LogP contribution in [0.1, 0.15) is 10.4 Å². The Balaban J connectivity index is 2.31. The van der Waals surface area contributed by atoms with Gasteiger partial charge in [0.25, 0.3) is 0 Å². The maximum Gasteiger partial charge on any atom is 0.335 e. The third-order valence-electron chi connectivity index (χ3n) is 3.26. The van der Waals surface area contributed by atoms with E-state index in [1.165, 1.54) is 18.2 Å². The molecule has 21 heavy (non-hydrogen) atoms. The Bertz CT molecular complexity index is 889. The van der Waals surface area contributed by atoms with E-state index in [-0.39, 0.29) is 17.1 Å². The highest BCUT2D eigenvalue weighted by molar-refractivity contribution is 6.05. The van der Waals surface area contributed by atoms with Gasteiger partial charge >= 0.3 is 5.97 Å². The Hall–Kier alpha value is -3.13. The molecule has 3 aromatic rings. The van der Waals surface area contributed by atoms with Crippen LogP contribution in [-0.4, -0.2) is 15.6 Å². The van der Waals surface area contributed by atoms with E-state index in [2.05, 4.69) is 4.85 Å². The molecule has 0 fully saturated rings. The molecule has 4 nitrogen and oxygen atoms in total. The van der Waals surface area contributed by atoms with Gasteiger partial charge in [0.15, 0.2) is 5.69 Å². The molecule has 1 aromatic heterocycles. The zero-order valence-corrected chi connectivity index (χ0v) is 10.7. The lowest BCUT2D eigenvalue weighted by molar-refractivity contribution is 0.0699. The van der Waals surface area contributed by atoms with Gasteiger partial charge in [0.05, 0.1) is 12.1 Å². The van der Waals surface area contributed by atoms with Crippen molar-refractivity contribution in [1.82, 2.24) is 4.57 Å². The number of carboxylic acid groups (broad SMARTS) is 1. The van der Waals surface area contributed by atoms with E-state index in [4.69, 9.17) is 6.57 Å². The van der Waals surface area contributed by atoms with Crippen LogP contribution in [0.2, 0.25) is 0 Å². The molecule has 2 aromatic carbocycles. The van der Waals surface area contributed by atoms with Crippen LogP contribution < -0.4 is 0 Å². The first-order chi connectivity index (χ1) is 10.1. The number of fused-ring (bicyclic) bond motifs is 1. The van der Waals surface area contributed by atoms with E-state index in [0.29, 0.717) is 16.6 Å². The summed E-state index contributed by atoms with van der Waals surface area (Å²) in [5.74, 6) is -1.43. The molecule has 3 rings (SSSR count). The lowest BCUT2D eigenvalue weighted by Crippen LogP contribution is -1.98. The van der Waals surface area contributed by atoms with Crippen LogP contribution >= 0.6 is 0 Å². The molecule has 0 aliphatic carbocycles. The molecular weight excluding hydrogens is 271 g/mol. The Kier molecular flexibility index (Phi) is 2.92. The van der Waals surface area contributed by atoms with Crippen LogP contribution in [0.4, 0.5) is 10.1 Å². The van der Waals surface area contributed by atoms with Gasteiger partial charge in [-0.05, 0) is 42.5 Å². The van der Waals surface area contributed by atoms with Crippen molar-refractivity contribution in [1.29, 1.82) is 0 Å². The summed E-state index contributed by atoms with van der Waals surface area (Å²) in [7, 11) is 0. The largest absolute Gasteiger partial charge is 0.478 e. The third kappa shape index (κ3) is 2.13. The number of halogens is 1. The van der Waals surface area contributed by atoms with Crippen molar-refractivity contribution in [2.75, 3.05) is 0 Å². The summed E-state index contributed by atoms with van der Waals surface area (Å²) in [6.45, 7) is 7.09. The SMILES string of the molecule is [C-]#[N+]c1cc(C(=O)O)c2ccn(-c3ccc(F)cc3)c2c1. The van der Waals surface area contributed by atoms with Crippen LogP contribution in [-0.2, 0) is 0 Å². The van der Waals surface area contributed by atoms with Gasteiger partial charge in [0.2, 0.25) is 0 Å². The predicted octanol–water partition coefficient (Wildman–Crippen LogP) is 4.02. The van der Waals surface area contributed by atoms with Crippen molar-refractivity contribution in [3.05, 3.63) is 71.5 Å². The third-order valence-corrected chi connectivity index (χ3v) is 3.26. The summed E-state index contributed by atoms with van der Waals surface area (Å²) in [5.41, 5.74) is 1.64. The minimum atomic E-state index is -1.08. The molecule has 0 aliphatic rings. The summed E-state index contributed by atoms with van der Waals surface area (Å²) in [4.78, 5) is 14.6. The fourth-order valence-corrected chi connectivity index (χ4v) is 2.30.